The molecule has 0 amide bonds. The Morgan fingerprint density at radius 1 is 0.294 bits per heavy atom. The van der Waals surface area contributed by atoms with Gasteiger partial charge in [0.25, 0.3) is 0 Å². The van der Waals surface area contributed by atoms with E-state index >= 15 is 0 Å². The van der Waals surface area contributed by atoms with Crippen LogP contribution in [0.1, 0.15) is 22.3 Å². The zero-order valence-corrected chi connectivity index (χ0v) is 37.7. The molecule has 2 nitrogen and oxygen atoms in total. The second-order valence-corrected chi connectivity index (χ2v) is 19.3. The molecule has 3 aromatic heterocycles. The fourth-order valence-electron chi connectivity index (χ4n) is 12.2. The molecule has 316 valence electrons. The highest BCUT2D eigenvalue weighted by Gasteiger charge is 2.54. The molecule has 0 saturated carbocycles. The van der Waals surface area contributed by atoms with E-state index in [9.17, 15) is 0 Å². The maximum atomic E-state index is 2.53. The normalized spacial score (nSPS) is 14.5. The molecule has 68 heavy (non-hydrogen) atoms. The van der Waals surface area contributed by atoms with Crippen molar-refractivity contribution in [3.63, 3.8) is 0 Å². The van der Waals surface area contributed by atoms with Crippen LogP contribution in [-0.2, 0) is 5.41 Å². The summed E-state index contributed by atoms with van der Waals surface area (Å²) < 4.78 is 4.89. The Labute approximate surface area is 397 Å². The highest BCUT2D eigenvalue weighted by molar-refractivity contribution is 7.19. The van der Waals surface area contributed by atoms with Crippen LogP contribution in [0.5, 0.6) is 0 Å². The Kier molecular flexibility index (Phi) is 7.90. The fourth-order valence-corrected chi connectivity index (χ4v) is 13.6. The van der Waals surface area contributed by atoms with Crippen LogP contribution in [0.25, 0.3) is 109 Å². The highest BCUT2D eigenvalue weighted by atomic mass is 32.1. The molecule has 3 heterocycles. The van der Waals surface area contributed by atoms with Crippen LogP contribution in [-0.4, -0.2) is 9.13 Å². The van der Waals surface area contributed by atoms with Crippen molar-refractivity contribution >= 4 is 54.9 Å². The van der Waals surface area contributed by atoms with Gasteiger partial charge < -0.3 is 9.13 Å². The van der Waals surface area contributed by atoms with Gasteiger partial charge >= 0.3 is 0 Å². The second-order valence-electron chi connectivity index (χ2n) is 18.3. The van der Waals surface area contributed by atoms with Crippen molar-refractivity contribution in [1.29, 1.82) is 0 Å². The van der Waals surface area contributed by atoms with E-state index in [4.69, 9.17) is 0 Å². The number of nitrogens with zero attached hydrogens (tertiary/aromatic N) is 2. The summed E-state index contributed by atoms with van der Waals surface area (Å²) in [5, 5.41) is 5.00. The molecule has 0 saturated heterocycles. The molecule has 0 bridgehead atoms. The molecule has 13 aromatic rings. The van der Waals surface area contributed by atoms with Gasteiger partial charge in [-0.2, -0.15) is 0 Å². The topological polar surface area (TPSA) is 9.86 Å². The molecule has 0 N–H and O–H groups in total. The first-order valence-electron chi connectivity index (χ1n) is 23.5. The van der Waals surface area contributed by atoms with Gasteiger partial charge in [-0.15, -0.1) is 11.3 Å². The van der Waals surface area contributed by atoms with Crippen LogP contribution < -0.4 is 0 Å². The summed E-state index contributed by atoms with van der Waals surface area (Å²) >= 11 is 1.94. The van der Waals surface area contributed by atoms with Gasteiger partial charge in [-0.3, -0.25) is 0 Å². The lowest BCUT2D eigenvalue weighted by Crippen LogP contribution is -2.26. The highest BCUT2D eigenvalue weighted by Crippen LogP contribution is 2.68. The van der Waals surface area contributed by atoms with E-state index in [0.29, 0.717) is 0 Å². The van der Waals surface area contributed by atoms with Crippen LogP contribution in [0.4, 0.5) is 0 Å². The first kappa shape index (κ1) is 37.7. The Hall–Kier alpha value is -8.50. The molecule has 0 radical (unpaired) electrons. The molecule has 1 spiro atoms. The number of benzene rings is 10. The average Bonchev–Trinajstić information content (AvgIpc) is 4.20. The number of thiophene rings is 1. The fraction of sp³-hybridized carbons (Fsp3) is 0.0154. The van der Waals surface area contributed by atoms with E-state index in [1.54, 1.807) is 0 Å². The van der Waals surface area contributed by atoms with Gasteiger partial charge in [-0.25, -0.2) is 0 Å². The molecule has 2 aliphatic rings. The predicted molar refractivity (Wildman–Crippen MR) is 286 cm³/mol. The Balaban J connectivity index is 0.957. The molecular weight excluding hydrogens is 841 g/mol. The number of rotatable bonds is 5. The lowest BCUT2D eigenvalue weighted by Gasteiger charge is -2.31. The minimum Gasteiger partial charge on any atom is -0.309 e. The van der Waals surface area contributed by atoms with Crippen LogP contribution in [0, 0.1) is 0 Å². The molecule has 0 fully saturated rings. The lowest BCUT2D eigenvalue weighted by molar-refractivity contribution is 0.797. The number of fused-ring (bicyclic) bond motifs is 16. The number of hydrogen-bond donors (Lipinski definition) is 0. The minimum atomic E-state index is -0.531. The summed E-state index contributed by atoms with van der Waals surface area (Å²) in [5.74, 6) is 0. The van der Waals surface area contributed by atoms with Gasteiger partial charge in [0.15, 0.2) is 0 Å². The summed E-state index contributed by atoms with van der Waals surface area (Å²) in [5.41, 5.74) is 22.3. The summed E-state index contributed by atoms with van der Waals surface area (Å²) in [7, 11) is 0. The van der Waals surface area contributed by atoms with Crippen LogP contribution in [0.15, 0.2) is 243 Å². The van der Waals surface area contributed by atoms with Crippen molar-refractivity contribution in [3.8, 4) is 65.6 Å². The van der Waals surface area contributed by atoms with E-state index < -0.39 is 5.41 Å². The molecule has 2 aliphatic carbocycles. The third-order valence-corrected chi connectivity index (χ3v) is 16.2. The van der Waals surface area contributed by atoms with E-state index in [1.165, 1.54) is 126 Å². The summed E-state index contributed by atoms with van der Waals surface area (Å²) in [6, 6.07) is 90.3. The molecule has 1 unspecified atom stereocenters. The maximum absolute atomic E-state index is 2.53. The molecule has 10 aromatic carbocycles. The van der Waals surface area contributed by atoms with Crippen LogP contribution in [0.3, 0.4) is 0 Å². The van der Waals surface area contributed by atoms with Gasteiger partial charge in [0.1, 0.15) is 0 Å². The SMILES string of the molecule is c1ccc(-c2sc(-c3ccccc3)c3c2-c2ccccc2C32c3ccccc3-c3ccc(-n4c5ccccc5c5cc(-c6ccc7c(c6)c6ccccc6n7-c6ccccc6)ccc54)cc32)cc1. The molecule has 1 atom stereocenters. The summed E-state index contributed by atoms with van der Waals surface area (Å²) in [6.07, 6.45) is 0. The van der Waals surface area contributed by atoms with Crippen molar-refractivity contribution in [2.24, 2.45) is 0 Å². The Morgan fingerprint density at radius 3 is 1.40 bits per heavy atom. The molecule has 15 rings (SSSR count). The average molecular weight is 881 g/mol. The third kappa shape index (κ3) is 5.06. The number of para-hydroxylation sites is 3. The van der Waals surface area contributed by atoms with Gasteiger partial charge in [0, 0.05) is 48.2 Å². The second kappa shape index (κ2) is 14.3. The quantitative estimate of drug-likeness (QED) is 0.163. The van der Waals surface area contributed by atoms with Gasteiger partial charge in [0.2, 0.25) is 0 Å². The summed E-state index contributed by atoms with van der Waals surface area (Å²) in [6.45, 7) is 0. The van der Waals surface area contributed by atoms with Crippen molar-refractivity contribution < 1.29 is 0 Å². The van der Waals surface area contributed by atoms with Crippen molar-refractivity contribution in [2.75, 3.05) is 0 Å². The number of aromatic nitrogens is 2. The zero-order chi connectivity index (χ0) is 44.5. The first-order chi connectivity index (χ1) is 33.8. The third-order valence-electron chi connectivity index (χ3n) is 14.9. The van der Waals surface area contributed by atoms with E-state index in [1.807, 2.05) is 11.3 Å². The molecule has 0 aliphatic heterocycles. The van der Waals surface area contributed by atoms with E-state index in [2.05, 4.69) is 252 Å². The summed E-state index contributed by atoms with van der Waals surface area (Å²) in [4.78, 5) is 2.65. The van der Waals surface area contributed by atoms with Crippen molar-refractivity contribution in [3.05, 3.63) is 265 Å². The van der Waals surface area contributed by atoms with Crippen LogP contribution >= 0.6 is 11.3 Å². The maximum Gasteiger partial charge on any atom is 0.0740 e. The lowest BCUT2D eigenvalue weighted by atomic mass is 9.70. The number of hydrogen-bond acceptors (Lipinski definition) is 1. The first-order valence-corrected chi connectivity index (χ1v) is 24.3. The van der Waals surface area contributed by atoms with E-state index in [-0.39, 0.29) is 0 Å². The van der Waals surface area contributed by atoms with Gasteiger partial charge in [-0.05, 0) is 122 Å². The van der Waals surface area contributed by atoms with Gasteiger partial charge in [-0.1, -0.05) is 182 Å². The van der Waals surface area contributed by atoms with Crippen molar-refractivity contribution in [1.82, 2.24) is 9.13 Å². The monoisotopic (exact) mass is 880 g/mol. The minimum absolute atomic E-state index is 0.531. The van der Waals surface area contributed by atoms with Gasteiger partial charge in [0.05, 0.1) is 27.5 Å². The Morgan fingerprint density at radius 2 is 0.765 bits per heavy atom. The smallest absolute Gasteiger partial charge is 0.0740 e. The zero-order valence-electron chi connectivity index (χ0n) is 36.9. The largest absolute Gasteiger partial charge is 0.309 e. The molecule has 3 heteroatoms. The van der Waals surface area contributed by atoms with Crippen molar-refractivity contribution in [2.45, 2.75) is 5.41 Å². The Bertz CT molecular complexity index is 4190. The predicted octanol–water partition coefficient (Wildman–Crippen LogP) is 17.3. The molecular formula is C65H40N2S. The van der Waals surface area contributed by atoms with E-state index in [0.717, 1.165) is 5.69 Å². The standard InChI is InChI=1S/C65H40N2S/c1-4-18-41(19-5-1)63-61-51-27-11-15-29-55(51)65(62(61)64(68-63)42-20-6-2-7-21-42)54-28-14-10-24-47(54)48-35-34-46(40-56(48)65)67-58-31-17-13-26-50(58)53-39-44(33-37-60(53)67)43-32-36-59-52(38-43)49-25-12-16-30-57(49)66(59)45-22-8-3-9-23-45/h1-40H. The van der Waals surface area contributed by atoms with Crippen LogP contribution in [0.2, 0.25) is 0 Å².